The van der Waals surface area contributed by atoms with E-state index in [0.29, 0.717) is 6.54 Å². The van der Waals surface area contributed by atoms with Crippen LogP contribution >= 0.6 is 0 Å². The summed E-state index contributed by atoms with van der Waals surface area (Å²) in [7, 11) is 0. The molecule has 5 nitrogen and oxygen atoms in total. The molecule has 3 aromatic rings. The number of aryl methyl sites for hydroxylation is 1. The summed E-state index contributed by atoms with van der Waals surface area (Å²) in [6.45, 7) is 6.08. The number of ether oxygens (including phenoxy) is 1. The molecule has 0 aliphatic carbocycles. The lowest BCUT2D eigenvalue weighted by molar-refractivity contribution is -0.154. The van der Waals surface area contributed by atoms with Gasteiger partial charge >= 0.3 is 5.97 Å². The lowest BCUT2D eigenvalue weighted by Gasteiger charge is -2.16. The number of fused-ring (bicyclic) bond motifs is 1. The van der Waals surface area contributed by atoms with Gasteiger partial charge in [0.2, 0.25) is 0 Å². The highest BCUT2D eigenvalue weighted by molar-refractivity contribution is 5.88. The van der Waals surface area contributed by atoms with Gasteiger partial charge in [0, 0.05) is 17.5 Å². The Bertz CT molecular complexity index is 961. The van der Waals surface area contributed by atoms with E-state index >= 15 is 0 Å². The standard InChI is InChI=1S/C23H25NO4/c1-15-9-10-20-19(14-27-21(20)11-15)12-22(25)28-17(3)23(26)24-13-16(2)18-7-5-4-6-8-18/h4-11,14,16-17H,12-13H2,1-3H3,(H,24,26)/t16-,17+/m1/s1. The van der Waals surface area contributed by atoms with Gasteiger partial charge in [-0.25, -0.2) is 0 Å². The van der Waals surface area contributed by atoms with Crippen molar-refractivity contribution >= 4 is 22.8 Å². The molecular formula is C23H25NO4. The molecule has 0 fully saturated rings. The van der Waals surface area contributed by atoms with Crippen LogP contribution in [0.5, 0.6) is 0 Å². The highest BCUT2D eigenvalue weighted by atomic mass is 16.5. The third-order valence-electron chi connectivity index (χ3n) is 4.77. The Labute approximate surface area is 164 Å². The van der Waals surface area contributed by atoms with Gasteiger partial charge < -0.3 is 14.5 Å². The molecule has 0 radical (unpaired) electrons. The van der Waals surface area contributed by atoms with Gasteiger partial charge in [0.15, 0.2) is 6.10 Å². The fraction of sp³-hybridized carbons (Fsp3) is 0.304. The van der Waals surface area contributed by atoms with Crippen molar-refractivity contribution in [1.82, 2.24) is 5.32 Å². The lowest BCUT2D eigenvalue weighted by atomic mass is 10.0. The Morgan fingerprint density at radius 3 is 2.61 bits per heavy atom. The predicted octanol–water partition coefficient (Wildman–Crippen LogP) is 4.14. The van der Waals surface area contributed by atoms with E-state index in [-0.39, 0.29) is 18.2 Å². The van der Waals surface area contributed by atoms with E-state index in [1.165, 1.54) is 0 Å². The van der Waals surface area contributed by atoms with Gasteiger partial charge in [0.05, 0.1) is 12.7 Å². The zero-order chi connectivity index (χ0) is 20.1. The van der Waals surface area contributed by atoms with Gasteiger partial charge in [-0.1, -0.05) is 49.4 Å². The molecule has 1 amide bonds. The van der Waals surface area contributed by atoms with Crippen molar-refractivity contribution in [1.29, 1.82) is 0 Å². The Hall–Kier alpha value is -3.08. The molecule has 0 saturated heterocycles. The number of nitrogens with one attached hydrogen (secondary N) is 1. The maximum Gasteiger partial charge on any atom is 0.311 e. The monoisotopic (exact) mass is 379 g/mol. The second-order valence-corrected chi connectivity index (χ2v) is 7.13. The third kappa shape index (κ3) is 4.80. The van der Waals surface area contributed by atoms with E-state index in [2.05, 4.69) is 5.32 Å². The minimum absolute atomic E-state index is 0.0636. The largest absolute Gasteiger partial charge is 0.464 e. The molecule has 2 aromatic carbocycles. The SMILES string of the molecule is Cc1ccc2c(CC(=O)O[C@@H](C)C(=O)NC[C@@H](C)c3ccccc3)coc2c1. The molecule has 0 aliphatic rings. The van der Waals surface area contributed by atoms with Crippen LogP contribution in [0.4, 0.5) is 0 Å². The van der Waals surface area contributed by atoms with Crippen LogP contribution in [-0.2, 0) is 20.7 Å². The lowest BCUT2D eigenvalue weighted by Crippen LogP contribution is -2.37. The predicted molar refractivity (Wildman–Crippen MR) is 108 cm³/mol. The number of rotatable bonds is 7. The molecule has 5 heteroatoms. The molecule has 0 saturated carbocycles. The third-order valence-corrected chi connectivity index (χ3v) is 4.77. The molecule has 0 aliphatic heterocycles. The first-order valence-electron chi connectivity index (χ1n) is 9.43. The Morgan fingerprint density at radius 1 is 1.11 bits per heavy atom. The first-order valence-corrected chi connectivity index (χ1v) is 9.43. The molecule has 146 valence electrons. The van der Waals surface area contributed by atoms with E-state index in [0.717, 1.165) is 27.7 Å². The minimum atomic E-state index is -0.851. The van der Waals surface area contributed by atoms with E-state index in [4.69, 9.17) is 9.15 Å². The van der Waals surface area contributed by atoms with Crippen molar-refractivity contribution in [2.75, 3.05) is 6.54 Å². The second-order valence-electron chi connectivity index (χ2n) is 7.13. The number of furan rings is 1. The quantitative estimate of drug-likeness (QED) is 0.627. The Morgan fingerprint density at radius 2 is 1.86 bits per heavy atom. The average Bonchev–Trinajstić information content (AvgIpc) is 3.07. The normalized spacial score (nSPS) is 13.1. The summed E-state index contributed by atoms with van der Waals surface area (Å²) in [6.07, 6.45) is 0.780. The van der Waals surface area contributed by atoms with Crippen LogP contribution in [0.25, 0.3) is 11.0 Å². The summed E-state index contributed by atoms with van der Waals surface area (Å²) < 4.78 is 10.8. The average molecular weight is 379 g/mol. The van der Waals surface area contributed by atoms with Crippen LogP contribution in [-0.4, -0.2) is 24.5 Å². The van der Waals surface area contributed by atoms with Crippen LogP contribution in [0.1, 0.15) is 36.5 Å². The van der Waals surface area contributed by atoms with Crippen molar-refractivity contribution in [3.63, 3.8) is 0 Å². The first-order chi connectivity index (χ1) is 13.4. The Kier molecular flexibility index (Phi) is 6.14. The molecule has 0 bridgehead atoms. The highest BCUT2D eigenvalue weighted by Gasteiger charge is 2.20. The van der Waals surface area contributed by atoms with Crippen LogP contribution in [0.2, 0.25) is 0 Å². The molecule has 0 unspecified atom stereocenters. The summed E-state index contributed by atoms with van der Waals surface area (Å²) in [5, 5.41) is 3.73. The number of esters is 1. The summed E-state index contributed by atoms with van der Waals surface area (Å²) in [5.41, 5.74) is 3.73. The van der Waals surface area contributed by atoms with E-state index in [1.807, 2.05) is 62.4 Å². The number of hydrogen-bond donors (Lipinski definition) is 1. The maximum absolute atomic E-state index is 12.3. The molecule has 2 atom stereocenters. The summed E-state index contributed by atoms with van der Waals surface area (Å²) >= 11 is 0. The zero-order valence-electron chi connectivity index (χ0n) is 16.4. The van der Waals surface area contributed by atoms with E-state index in [1.54, 1.807) is 13.2 Å². The minimum Gasteiger partial charge on any atom is -0.464 e. The molecule has 28 heavy (non-hydrogen) atoms. The summed E-state index contributed by atoms with van der Waals surface area (Å²) in [5.74, 6) is -0.584. The summed E-state index contributed by atoms with van der Waals surface area (Å²) in [4.78, 5) is 24.5. The van der Waals surface area contributed by atoms with Crippen molar-refractivity contribution in [2.45, 2.75) is 39.2 Å². The van der Waals surface area contributed by atoms with Gasteiger partial charge in [-0.3, -0.25) is 9.59 Å². The topological polar surface area (TPSA) is 68.5 Å². The van der Waals surface area contributed by atoms with Gasteiger partial charge in [-0.15, -0.1) is 0 Å². The molecule has 1 N–H and O–H groups in total. The first kappa shape index (κ1) is 19.7. The Balaban J connectivity index is 1.51. The van der Waals surface area contributed by atoms with Gasteiger partial charge in [-0.2, -0.15) is 0 Å². The fourth-order valence-electron chi connectivity index (χ4n) is 3.07. The number of carbonyl (C=O) groups excluding carboxylic acids is 2. The van der Waals surface area contributed by atoms with Gasteiger partial charge in [0.25, 0.3) is 5.91 Å². The van der Waals surface area contributed by atoms with Crippen molar-refractivity contribution in [3.8, 4) is 0 Å². The van der Waals surface area contributed by atoms with E-state index in [9.17, 15) is 9.59 Å². The molecule has 1 aromatic heterocycles. The van der Waals surface area contributed by atoms with Gasteiger partial charge in [-0.05, 0) is 37.0 Å². The second kappa shape index (κ2) is 8.74. The van der Waals surface area contributed by atoms with Crippen LogP contribution in [0.15, 0.2) is 59.2 Å². The number of benzene rings is 2. The maximum atomic E-state index is 12.3. The number of carbonyl (C=O) groups is 2. The van der Waals surface area contributed by atoms with Crippen LogP contribution in [0, 0.1) is 6.92 Å². The number of hydrogen-bond acceptors (Lipinski definition) is 4. The molecular weight excluding hydrogens is 354 g/mol. The molecule has 0 spiro atoms. The fourth-order valence-corrected chi connectivity index (χ4v) is 3.07. The van der Waals surface area contributed by atoms with Gasteiger partial charge in [0.1, 0.15) is 5.58 Å². The van der Waals surface area contributed by atoms with Crippen molar-refractivity contribution in [3.05, 3.63) is 71.5 Å². The highest BCUT2D eigenvalue weighted by Crippen LogP contribution is 2.23. The smallest absolute Gasteiger partial charge is 0.311 e. The number of amides is 1. The zero-order valence-corrected chi connectivity index (χ0v) is 16.4. The molecule has 3 rings (SSSR count). The van der Waals surface area contributed by atoms with Crippen molar-refractivity contribution < 1.29 is 18.7 Å². The van der Waals surface area contributed by atoms with Crippen LogP contribution in [0.3, 0.4) is 0 Å². The van der Waals surface area contributed by atoms with Crippen LogP contribution < -0.4 is 5.32 Å². The van der Waals surface area contributed by atoms with Crippen molar-refractivity contribution in [2.24, 2.45) is 0 Å². The molecule has 1 heterocycles. The summed E-state index contributed by atoms with van der Waals surface area (Å²) in [6, 6.07) is 15.8. The van der Waals surface area contributed by atoms with E-state index < -0.39 is 12.1 Å².